The third kappa shape index (κ3) is 3.46. The summed E-state index contributed by atoms with van der Waals surface area (Å²) in [5, 5.41) is 3.98. The maximum Gasteiger partial charge on any atom is 0.196 e. The first-order chi connectivity index (χ1) is 8.70. The van der Waals surface area contributed by atoms with E-state index in [1.165, 1.54) is 0 Å². The number of likely N-dealkylation sites (N-methyl/N-ethyl adjacent to an activating group) is 1. The van der Waals surface area contributed by atoms with Gasteiger partial charge in [-0.15, -0.1) is 0 Å². The van der Waals surface area contributed by atoms with E-state index in [0.717, 1.165) is 45.3 Å². The highest BCUT2D eigenvalue weighted by molar-refractivity contribution is 14.1. The van der Waals surface area contributed by atoms with Crippen molar-refractivity contribution in [2.45, 2.75) is 13.3 Å². The van der Waals surface area contributed by atoms with Crippen LogP contribution in [-0.4, -0.2) is 18.1 Å². The number of oxazole rings is 1. The lowest BCUT2D eigenvalue weighted by Gasteiger charge is -2.00. The second-order valence-corrected chi connectivity index (χ2v) is 5.42. The number of benzene rings is 1. The molecule has 0 fully saturated rings. The van der Waals surface area contributed by atoms with Crippen LogP contribution in [0.4, 0.5) is 0 Å². The van der Waals surface area contributed by atoms with Gasteiger partial charge in [-0.1, -0.05) is 24.6 Å². The van der Waals surface area contributed by atoms with E-state index in [9.17, 15) is 0 Å². The van der Waals surface area contributed by atoms with Crippen LogP contribution in [-0.2, 0) is 6.42 Å². The summed E-state index contributed by atoms with van der Waals surface area (Å²) in [6, 6.07) is 5.86. The van der Waals surface area contributed by atoms with Gasteiger partial charge in [-0.3, -0.25) is 0 Å². The molecular weight excluding hydrogens is 363 g/mol. The van der Waals surface area contributed by atoms with Crippen molar-refractivity contribution >= 4 is 34.2 Å². The van der Waals surface area contributed by atoms with E-state index in [1.807, 2.05) is 18.2 Å². The van der Waals surface area contributed by atoms with Gasteiger partial charge in [-0.05, 0) is 41.3 Å². The van der Waals surface area contributed by atoms with Crippen molar-refractivity contribution in [1.82, 2.24) is 10.3 Å². The minimum atomic E-state index is 0.735. The fourth-order valence-corrected chi connectivity index (χ4v) is 2.10. The van der Waals surface area contributed by atoms with Crippen LogP contribution in [0.25, 0.3) is 11.3 Å². The zero-order chi connectivity index (χ0) is 13.0. The van der Waals surface area contributed by atoms with E-state index in [2.05, 4.69) is 39.8 Å². The molecule has 0 aliphatic carbocycles. The molecule has 1 N–H and O–H groups in total. The zero-order valence-electron chi connectivity index (χ0n) is 10.0. The summed E-state index contributed by atoms with van der Waals surface area (Å²) in [7, 11) is 0. The maximum atomic E-state index is 6.09. The fourth-order valence-electron chi connectivity index (χ4n) is 1.58. The van der Waals surface area contributed by atoms with Gasteiger partial charge >= 0.3 is 0 Å². The molecule has 2 rings (SSSR count). The van der Waals surface area contributed by atoms with Gasteiger partial charge in [0.25, 0.3) is 0 Å². The Morgan fingerprint density at radius 2 is 2.28 bits per heavy atom. The van der Waals surface area contributed by atoms with Crippen LogP contribution in [0.15, 0.2) is 28.8 Å². The summed E-state index contributed by atoms with van der Waals surface area (Å²) in [5.74, 6) is 1.51. The third-order valence-corrected chi connectivity index (χ3v) is 4.10. The molecule has 0 radical (unpaired) electrons. The molecule has 0 atom stereocenters. The number of hydrogen-bond acceptors (Lipinski definition) is 3. The summed E-state index contributed by atoms with van der Waals surface area (Å²) in [6.07, 6.45) is 2.55. The average Bonchev–Trinajstić information content (AvgIpc) is 2.82. The SMILES string of the molecule is CCNCCc1ncc(-c2ccc(I)c(Cl)c2)o1. The van der Waals surface area contributed by atoms with Gasteiger partial charge in [-0.25, -0.2) is 4.98 Å². The fraction of sp³-hybridized carbons (Fsp3) is 0.308. The monoisotopic (exact) mass is 376 g/mol. The molecule has 0 saturated carbocycles. The Balaban J connectivity index is 2.11. The average molecular weight is 377 g/mol. The number of hydrogen-bond donors (Lipinski definition) is 1. The number of aromatic nitrogens is 1. The molecule has 0 spiro atoms. The van der Waals surface area contributed by atoms with Crippen molar-refractivity contribution in [3.8, 4) is 11.3 Å². The first kappa shape index (κ1) is 13.8. The Morgan fingerprint density at radius 3 is 3.00 bits per heavy atom. The topological polar surface area (TPSA) is 38.1 Å². The highest BCUT2D eigenvalue weighted by Gasteiger charge is 2.07. The van der Waals surface area contributed by atoms with Crippen LogP contribution in [0.3, 0.4) is 0 Å². The zero-order valence-corrected chi connectivity index (χ0v) is 13.0. The number of halogens is 2. The first-order valence-corrected chi connectivity index (χ1v) is 7.27. The van der Waals surface area contributed by atoms with Crippen molar-refractivity contribution in [3.63, 3.8) is 0 Å². The highest BCUT2D eigenvalue weighted by Crippen LogP contribution is 2.27. The lowest BCUT2D eigenvalue weighted by Crippen LogP contribution is -2.16. The van der Waals surface area contributed by atoms with Gasteiger partial charge in [0.1, 0.15) is 0 Å². The van der Waals surface area contributed by atoms with Crippen LogP contribution in [0.2, 0.25) is 5.02 Å². The van der Waals surface area contributed by atoms with E-state index < -0.39 is 0 Å². The Kier molecular flexibility index (Phi) is 5.03. The quantitative estimate of drug-likeness (QED) is 0.638. The molecule has 0 unspecified atom stereocenters. The van der Waals surface area contributed by atoms with Crippen molar-refractivity contribution < 1.29 is 4.42 Å². The summed E-state index contributed by atoms with van der Waals surface area (Å²) in [4.78, 5) is 4.26. The number of nitrogens with zero attached hydrogens (tertiary/aromatic N) is 1. The van der Waals surface area contributed by atoms with Gasteiger partial charge < -0.3 is 9.73 Å². The predicted molar refractivity (Wildman–Crippen MR) is 81.9 cm³/mol. The Labute approximate surface area is 125 Å². The first-order valence-electron chi connectivity index (χ1n) is 5.81. The smallest absolute Gasteiger partial charge is 0.196 e. The maximum absolute atomic E-state index is 6.09. The van der Waals surface area contributed by atoms with Crippen LogP contribution in [0, 0.1) is 3.57 Å². The number of nitrogens with one attached hydrogen (secondary N) is 1. The summed E-state index contributed by atoms with van der Waals surface area (Å²) in [6.45, 7) is 3.92. The molecule has 1 aromatic carbocycles. The summed E-state index contributed by atoms with van der Waals surface area (Å²) in [5.41, 5.74) is 0.961. The predicted octanol–water partition coefficient (Wildman–Crippen LogP) is 3.75. The molecule has 96 valence electrons. The molecule has 3 nitrogen and oxygen atoms in total. The van der Waals surface area contributed by atoms with Crippen molar-refractivity contribution in [1.29, 1.82) is 0 Å². The van der Waals surface area contributed by atoms with Crippen LogP contribution in [0.1, 0.15) is 12.8 Å². The van der Waals surface area contributed by atoms with E-state index in [4.69, 9.17) is 16.0 Å². The molecule has 1 aromatic heterocycles. The van der Waals surface area contributed by atoms with Gasteiger partial charge in [0.05, 0.1) is 11.2 Å². The minimum absolute atomic E-state index is 0.735. The molecule has 1 heterocycles. The molecule has 0 bridgehead atoms. The Bertz CT molecular complexity index is 527. The van der Waals surface area contributed by atoms with Gasteiger partial charge in [-0.2, -0.15) is 0 Å². The van der Waals surface area contributed by atoms with E-state index >= 15 is 0 Å². The largest absolute Gasteiger partial charge is 0.441 e. The molecule has 18 heavy (non-hydrogen) atoms. The van der Waals surface area contributed by atoms with Crippen molar-refractivity contribution in [2.75, 3.05) is 13.1 Å². The molecule has 0 saturated heterocycles. The second kappa shape index (κ2) is 6.54. The van der Waals surface area contributed by atoms with Gasteiger partial charge in [0, 0.05) is 22.1 Å². The molecule has 0 aliphatic rings. The van der Waals surface area contributed by atoms with Gasteiger partial charge in [0.15, 0.2) is 11.7 Å². The standard InChI is InChI=1S/C13H14ClIN2O/c1-2-16-6-5-13-17-8-12(18-13)9-3-4-11(15)10(14)7-9/h3-4,7-8,16H,2,5-6H2,1H3. The molecule has 5 heteroatoms. The Morgan fingerprint density at radius 1 is 1.44 bits per heavy atom. The van der Waals surface area contributed by atoms with E-state index in [1.54, 1.807) is 6.20 Å². The summed E-state index contributed by atoms with van der Waals surface area (Å²) < 4.78 is 6.73. The van der Waals surface area contributed by atoms with Crippen molar-refractivity contribution in [3.05, 3.63) is 38.9 Å². The lowest BCUT2D eigenvalue weighted by atomic mass is 10.2. The van der Waals surface area contributed by atoms with E-state index in [-0.39, 0.29) is 0 Å². The lowest BCUT2D eigenvalue weighted by molar-refractivity contribution is 0.497. The van der Waals surface area contributed by atoms with Gasteiger partial charge in [0.2, 0.25) is 0 Å². The number of rotatable bonds is 5. The normalized spacial score (nSPS) is 10.8. The molecule has 2 aromatic rings. The van der Waals surface area contributed by atoms with Crippen LogP contribution < -0.4 is 5.32 Å². The third-order valence-electron chi connectivity index (χ3n) is 2.52. The van der Waals surface area contributed by atoms with Crippen molar-refractivity contribution in [2.24, 2.45) is 0 Å². The van der Waals surface area contributed by atoms with Crippen LogP contribution >= 0.6 is 34.2 Å². The molecule has 0 amide bonds. The summed E-state index contributed by atoms with van der Waals surface area (Å²) >= 11 is 8.30. The molecular formula is C13H14ClIN2O. The van der Waals surface area contributed by atoms with Crippen LogP contribution in [0.5, 0.6) is 0 Å². The Hall–Kier alpha value is -0.590. The molecule has 0 aliphatic heterocycles. The minimum Gasteiger partial charge on any atom is -0.441 e. The second-order valence-electron chi connectivity index (χ2n) is 3.85. The van der Waals surface area contributed by atoms with E-state index in [0.29, 0.717) is 0 Å². The highest BCUT2D eigenvalue weighted by atomic mass is 127.